The van der Waals surface area contributed by atoms with Gasteiger partial charge in [0.05, 0.1) is 0 Å². The Morgan fingerprint density at radius 1 is 1.53 bits per heavy atom. The molecule has 0 saturated heterocycles. The standard InChI is InChI=1S/C12H16N2O/c1-4-10-9(6-7-12(15)13-3)8-14-11(10)5-2/h4-5,8,14H,1-2,6-7H2,3H3,(H,13,15). The lowest BCUT2D eigenvalue weighted by Gasteiger charge is -2.00. The normalized spacial score (nSPS) is 9.67. The van der Waals surface area contributed by atoms with E-state index in [0.29, 0.717) is 12.8 Å². The van der Waals surface area contributed by atoms with E-state index in [0.717, 1.165) is 16.8 Å². The predicted octanol–water partition coefficient (Wildman–Crippen LogP) is 1.98. The summed E-state index contributed by atoms with van der Waals surface area (Å²) >= 11 is 0. The van der Waals surface area contributed by atoms with Crippen molar-refractivity contribution in [2.24, 2.45) is 0 Å². The Labute approximate surface area is 89.9 Å². The van der Waals surface area contributed by atoms with Crippen LogP contribution in [0.3, 0.4) is 0 Å². The molecule has 1 heterocycles. The first-order valence-electron chi connectivity index (χ1n) is 4.88. The number of amides is 1. The lowest BCUT2D eigenvalue weighted by molar-refractivity contribution is -0.120. The van der Waals surface area contributed by atoms with Crippen molar-refractivity contribution < 1.29 is 4.79 Å². The monoisotopic (exact) mass is 204 g/mol. The number of nitrogens with one attached hydrogen (secondary N) is 2. The lowest BCUT2D eigenvalue weighted by Crippen LogP contribution is -2.17. The number of aryl methyl sites for hydroxylation is 1. The number of hydrogen-bond acceptors (Lipinski definition) is 1. The number of aromatic amines is 1. The zero-order chi connectivity index (χ0) is 11.3. The Balaban J connectivity index is 2.77. The number of aromatic nitrogens is 1. The smallest absolute Gasteiger partial charge is 0.220 e. The number of rotatable bonds is 5. The van der Waals surface area contributed by atoms with Crippen LogP contribution in [0.15, 0.2) is 19.4 Å². The number of H-pyrrole nitrogens is 1. The molecular formula is C12H16N2O. The van der Waals surface area contributed by atoms with Crippen molar-refractivity contribution in [2.45, 2.75) is 12.8 Å². The lowest BCUT2D eigenvalue weighted by atomic mass is 10.1. The molecule has 0 fully saturated rings. The summed E-state index contributed by atoms with van der Waals surface area (Å²) < 4.78 is 0. The van der Waals surface area contributed by atoms with E-state index < -0.39 is 0 Å². The van der Waals surface area contributed by atoms with Crippen molar-refractivity contribution in [3.63, 3.8) is 0 Å². The van der Waals surface area contributed by atoms with Crippen LogP contribution in [0.1, 0.15) is 23.2 Å². The maximum Gasteiger partial charge on any atom is 0.220 e. The van der Waals surface area contributed by atoms with Crippen molar-refractivity contribution in [2.75, 3.05) is 7.05 Å². The molecule has 0 bridgehead atoms. The van der Waals surface area contributed by atoms with Gasteiger partial charge in [-0.05, 0) is 18.1 Å². The summed E-state index contributed by atoms with van der Waals surface area (Å²) in [7, 11) is 1.64. The molecule has 3 nitrogen and oxygen atoms in total. The van der Waals surface area contributed by atoms with E-state index in [-0.39, 0.29) is 5.91 Å². The largest absolute Gasteiger partial charge is 0.361 e. The van der Waals surface area contributed by atoms with Gasteiger partial charge in [0.25, 0.3) is 0 Å². The van der Waals surface area contributed by atoms with E-state index in [2.05, 4.69) is 23.5 Å². The minimum atomic E-state index is 0.0476. The summed E-state index contributed by atoms with van der Waals surface area (Å²) in [6.45, 7) is 7.46. The van der Waals surface area contributed by atoms with Gasteiger partial charge in [0, 0.05) is 30.9 Å². The number of carbonyl (C=O) groups excluding carboxylic acids is 1. The second-order valence-corrected chi connectivity index (χ2v) is 3.22. The van der Waals surface area contributed by atoms with Gasteiger partial charge in [-0.3, -0.25) is 4.79 Å². The van der Waals surface area contributed by atoms with Crippen molar-refractivity contribution in [1.29, 1.82) is 0 Å². The van der Waals surface area contributed by atoms with Crippen molar-refractivity contribution >= 4 is 18.1 Å². The molecule has 1 rings (SSSR count). The van der Waals surface area contributed by atoms with E-state index in [4.69, 9.17) is 0 Å². The minimum Gasteiger partial charge on any atom is -0.361 e. The summed E-state index contributed by atoms with van der Waals surface area (Å²) in [5.74, 6) is 0.0476. The highest BCUT2D eigenvalue weighted by Gasteiger charge is 2.07. The molecule has 0 spiro atoms. The van der Waals surface area contributed by atoms with Gasteiger partial charge >= 0.3 is 0 Å². The molecule has 0 unspecified atom stereocenters. The summed E-state index contributed by atoms with van der Waals surface area (Å²) in [5, 5.41) is 2.60. The van der Waals surface area contributed by atoms with Crippen LogP contribution in [0.4, 0.5) is 0 Å². The molecule has 0 aliphatic carbocycles. The predicted molar refractivity (Wildman–Crippen MR) is 63.4 cm³/mol. The Bertz CT molecular complexity index is 377. The van der Waals surface area contributed by atoms with Crippen LogP contribution in [0.5, 0.6) is 0 Å². The van der Waals surface area contributed by atoms with Gasteiger partial charge in [-0.25, -0.2) is 0 Å². The first kappa shape index (κ1) is 11.3. The second kappa shape index (κ2) is 5.20. The van der Waals surface area contributed by atoms with E-state index in [1.165, 1.54) is 0 Å². The zero-order valence-electron chi connectivity index (χ0n) is 8.97. The Kier molecular flexibility index (Phi) is 3.92. The van der Waals surface area contributed by atoms with Crippen LogP contribution in [-0.4, -0.2) is 17.9 Å². The second-order valence-electron chi connectivity index (χ2n) is 3.22. The molecule has 0 aliphatic heterocycles. The van der Waals surface area contributed by atoms with Crippen LogP contribution in [0, 0.1) is 0 Å². The van der Waals surface area contributed by atoms with Gasteiger partial charge in [0.2, 0.25) is 5.91 Å². The average Bonchev–Trinajstić information content (AvgIpc) is 2.67. The van der Waals surface area contributed by atoms with E-state index >= 15 is 0 Å². The molecule has 80 valence electrons. The van der Waals surface area contributed by atoms with E-state index in [9.17, 15) is 4.79 Å². The Morgan fingerprint density at radius 3 is 2.80 bits per heavy atom. The molecule has 3 heteroatoms. The van der Waals surface area contributed by atoms with E-state index in [1.807, 2.05) is 6.20 Å². The fourth-order valence-electron chi connectivity index (χ4n) is 1.48. The third-order valence-electron chi connectivity index (χ3n) is 2.35. The van der Waals surface area contributed by atoms with Crippen LogP contribution < -0.4 is 5.32 Å². The zero-order valence-corrected chi connectivity index (χ0v) is 8.97. The molecule has 0 saturated carbocycles. The van der Waals surface area contributed by atoms with Crippen LogP contribution in [0.2, 0.25) is 0 Å². The van der Waals surface area contributed by atoms with Gasteiger partial charge in [-0.15, -0.1) is 0 Å². The molecule has 0 aromatic carbocycles. The van der Waals surface area contributed by atoms with Gasteiger partial charge in [-0.1, -0.05) is 19.2 Å². The van der Waals surface area contributed by atoms with Crippen molar-refractivity contribution in [1.82, 2.24) is 10.3 Å². The first-order valence-corrected chi connectivity index (χ1v) is 4.88. The molecule has 2 N–H and O–H groups in total. The fraction of sp³-hybridized carbons (Fsp3) is 0.250. The summed E-state index contributed by atoms with van der Waals surface area (Å²) in [6.07, 6.45) is 6.64. The van der Waals surface area contributed by atoms with Crippen LogP contribution in [0.25, 0.3) is 12.2 Å². The third kappa shape index (κ3) is 2.59. The maximum atomic E-state index is 11.1. The molecule has 0 aliphatic rings. The molecule has 1 aromatic heterocycles. The molecule has 1 amide bonds. The van der Waals surface area contributed by atoms with Crippen LogP contribution in [-0.2, 0) is 11.2 Å². The van der Waals surface area contributed by atoms with Gasteiger partial charge in [0.15, 0.2) is 0 Å². The SMILES string of the molecule is C=Cc1[nH]cc(CCC(=O)NC)c1C=C. The maximum absolute atomic E-state index is 11.1. The van der Waals surface area contributed by atoms with E-state index in [1.54, 1.807) is 19.2 Å². The van der Waals surface area contributed by atoms with Crippen molar-refractivity contribution in [3.05, 3.63) is 36.2 Å². The van der Waals surface area contributed by atoms with Gasteiger partial charge in [-0.2, -0.15) is 0 Å². The summed E-state index contributed by atoms with van der Waals surface area (Å²) in [6, 6.07) is 0. The Morgan fingerprint density at radius 2 is 2.27 bits per heavy atom. The molecule has 0 radical (unpaired) electrons. The van der Waals surface area contributed by atoms with Gasteiger partial charge in [0.1, 0.15) is 0 Å². The number of carbonyl (C=O) groups is 1. The highest BCUT2D eigenvalue weighted by molar-refractivity contribution is 5.76. The molecule has 1 aromatic rings. The topological polar surface area (TPSA) is 44.9 Å². The molecule has 0 atom stereocenters. The first-order chi connectivity index (χ1) is 7.22. The van der Waals surface area contributed by atoms with Crippen LogP contribution >= 0.6 is 0 Å². The summed E-state index contributed by atoms with van der Waals surface area (Å²) in [5.41, 5.74) is 3.09. The highest BCUT2D eigenvalue weighted by Crippen LogP contribution is 2.18. The highest BCUT2D eigenvalue weighted by atomic mass is 16.1. The number of hydrogen-bond donors (Lipinski definition) is 2. The van der Waals surface area contributed by atoms with Crippen molar-refractivity contribution in [3.8, 4) is 0 Å². The molecule has 15 heavy (non-hydrogen) atoms. The fourth-order valence-corrected chi connectivity index (χ4v) is 1.48. The quantitative estimate of drug-likeness (QED) is 0.756. The molecular weight excluding hydrogens is 188 g/mol. The summed E-state index contributed by atoms with van der Waals surface area (Å²) in [4.78, 5) is 14.2. The third-order valence-corrected chi connectivity index (χ3v) is 2.35. The minimum absolute atomic E-state index is 0.0476. The Hall–Kier alpha value is -1.77. The average molecular weight is 204 g/mol. The van der Waals surface area contributed by atoms with Gasteiger partial charge < -0.3 is 10.3 Å².